The second-order valence-electron chi connectivity index (χ2n) is 5.36. The zero-order valence-electron chi connectivity index (χ0n) is 11.4. The van der Waals surface area contributed by atoms with Crippen molar-refractivity contribution in [2.75, 3.05) is 13.1 Å². The van der Waals surface area contributed by atoms with E-state index in [0.29, 0.717) is 11.3 Å². The molecule has 1 N–H and O–H groups in total. The average Bonchev–Trinajstić information content (AvgIpc) is 2.29. The number of hydrogen-bond donors (Lipinski definition) is 1. The van der Waals surface area contributed by atoms with Crippen LogP contribution in [0, 0.1) is 0 Å². The number of hydrogen-bond acceptors (Lipinski definition) is 2. The molecule has 0 spiro atoms. The Kier molecular flexibility index (Phi) is 5.46. The Morgan fingerprint density at radius 1 is 1.12 bits per heavy atom. The number of rotatable bonds is 3. The van der Waals surface area contributed by atoms with Crippen LogP contribution in [0.4, 0.5) is 4.79 Å². The predicted octanol–water partition coefficient (Wildman–Crippen LogP) is 3.39. The van der Waals surface area contributed by atoms with E-state index in [2.05, 4.69) is 32.8 Å². The zero-order valence-corrected chi connectivity index (χ0v) is 13.1. The summed E-state index contributed by atoms with van der Waals surface area (Å²) in [5.74, 6) is 0. The van der Waals surface area contributed by atoms with Gasteiger partial charge >= 0.3 is 6.03 Å². The molecule has 0 atom stereocenters. The first-order valence-electron chi connectivity index (χ1n) is 6.54. The molecule has 100 valence electrons. The van der Waals surface area contributed by atoms with Crippen LogP contribution in [-0.4, -0.2) is 35.3 Å². The SMILES string of the molecule is CC(C)P(=S)(NC(=O)N1CCCCC1)C(C)C. The molecule has 0 bridgehead atoms. The highest BCUT2D eigenvalue weighted by Gasteiger charge is 2.29. The molecule has 3 nitrogen and oxygen atoms in total. The summed E-state index contributed by atoms with van der Waals surface area (Å²) in [4.78, 5) is 14.1. The topological polar surface area (TPSA) is 32.3 Å². The minimum absolute atomic E-state index is 0.0652. The third-order valence-corrected chi connectivity index (χ3v) is 9.86. The first-order valence-corrected chi connectivity index (χ1v) is 9.48. The van der Waals surface area contributed by atoms with Crippen molar-refractivity contribution < 1.29 is 4.79 Å². The lowest BCUT2D eigenvalue weighted by Crippen LogP contribution is -2.43. The minimum Gasteiger partial charge on any atom is -0.325 e. The predicted molar refractivity (Wildman–Crippen MR) is 78.5 cm³/mol. The Bertz CT molecular complexity index is 300. The van der Waals surface area contributed by atoms with Gasteiger partial charge in [-0.15, -0.1) is 0 Å². The van der Waals surface area contributed by atoms with Crippen LogP contribution in [0.15, 0.2) is 0 Å². The molecule has 2 amide bonds. The number of nitrogens with one attached hydrogen (secondary N) is 1. The standard InChI is InChI=1S/C12H25N2OPS/c1-10(2)16(17,11(3)4)13-12(15)14-8-6-5-7-9-14/h10-11H,5-9H2,1-4H3,(H,13,15,17). The van der Waals surface area contributed by atoms with E-state index in [1.54, 1.807) is 0 Å². The molecule has 0 aromatic rings. The quantitative estimate of drug-likeness (QED) is 0.801. The van der Waals surface area contributed by atoms with Gasteiger partial charge in [-0.2, -0.15) is 0 Å². The van der Waals surface area contributed by atoms with Gasteiger partial charge in [-0.25, -0.2) is 4.79 Å². The number of carbonyl (C=O) groups excluding carboxylic acids is 1. The van der Waals surface area contributed by atoms with Gasteiger partial charge in [0.25, 0.3) is 0 Å². The van der Waals surface area contributed by atoms with E-state index in [1.807, 2.05) is 4.90 Å². The molecule has 0 aromatic heterocycles. The fourth-order valence-corrected chi connectivity index (χ4v) is 4.56. The number of nitrogens with zero attached hydrogens (tertiary/aromatic N) is 1. The molecule has 0 radical (unpaired) electrons. The molecule has 1 heterocycles. The molecule has 0 unspecified atom stereocenters. The van der Waals surface area contributed by atoms with Crippen molar-refractivity contribution in [1.82, 2.24) is 9.99 Å². The third kappa shape index (κ3) is 3.69. The van der Waals surface area contributed by atoms with Crippen molar-refractivity contribution in [2.24, 2.45) is 0 Å². The van der Waals surface area contributed by atoms with Crippen LogP contribution in [0.3, 0.4) is 0 Å². The van der Waals surface area contributed by atoms with Crippen LogP contribution >= 0.6 is 6.19 Å². The van der Waals surface area contributed by atoms with Gasteiger partial charge in [-0.1, -0.05) is 39.5 Å². The van der Waals surface area contributed by atoms with Crippen molar-refractivity contribution >= 4 is 24.0 Å². The fourth-order valence-electron chi connectivity index (χ4n) is 2.17. The van der Waals surface area contributed by atoms with Gasteiger partial charge in [0.05, 0.1) is 0 Å². The van der Waals surface area contributed by atoms with E-state index < -0.39 is 6.19 Å². The van der Waals surface area contributed by atoms with Crippen LogP contribution in [0.5, 0.6) is 0 Å². The van der Waals surface area contributed by atoms with E-state index in [-0.39, 0.29) is 6.03 Å². The van der Waals surface area contributed by atoms with Gasteiger partial charge in [-0.05, 0) is 30.6 Å². The molecule has 0 saturated carbocycles. The summed E-state index contributed by atoms with van der Waals surface area (Å²) < 4.78 is 0. The molecule has 1 aliphatic rings. The molecule has 0 aromatic carbocycles. The Morgan fingerprint density at radius 2 is 1.59 bits per heavy atom. The van der Waals surface area contributed by atoms with Crippen LogP contribution in [-0.2, 0) is 11.8 Å². The van der Waals surface area contributed by atoms with Gasteiger partial charge in [0.15, 0.2) is 0 Å². The smallest absolute Gasteiger partial charge is 0.321 e. The molecule has 5 heteroatoms. The first kappa shape index (κ1) is 15.0. The monoisotopic (exact) mass is 276 g/mol. The number of likely N-dealkylation sites (tertiary alicyclic amines) is 1. The molecule has 0 aliphatic carbocycles. The maximum atomic E-state index is 12.2. The lowest BCUT2D eigenvalue weighted by Gasteiger charge is -2.35. The number of amides is 2. The van der Waals surface area contributed by atoms with Gasteiger partial charge in [0.2, 0.25) is 0 Å². The summed E-state index contributed by atoms with van der Waals surface area (Å²) in [7, 11) is 0. The highest BCUT2D eigenvalue weighted by molar-refractivity contribution is 8.14. The van der Waals surface area contributed by atoms with E-state index in [4.69, 9.17) is 11.8 Å². The van der Waals surface area contributed by atoms with Crippen molar-refractivity contribution in [3.8, 4) is 0 Å². The average molecular weight is 276 g/mol. The van der Waals surface area contributed by atoms with E-state index >= 15 is 0 Å². The summed E-state index contributed by atoms with van der Waals surface area (Å²) in [6.07, 6.45) is 1.70. The molecule has 1 fully saturated rings. The number of urea groups is 1. The van der Waals surface area contributed by atoms with Gasteiger partial charge in [-0.3, -0.25) is 0 Å². The van der Waals surface area contributed by atoms with E-state index in [1.165, 1.54) is 6.42 Å². The van der Waals surface area contributed by atoms with Gasteiger partial charge < -0.3 is 9.99 Å². The number of piperidine rings is 1. The normalized spacial score (nSPS) is 17.6. The second-order valence-corrected chi connectivity index (χ2v) is 10.9. The van der Waals surface area contributed by atoms with E-state index in [9.17, 15) is 4.79 Å². The zero-order chi connectivity index (χ0) is 13.1. The van der Waals surface area contributed by atoms with E-state index in [0.717, 1.165) is 25.9 Å². The van der Waals surface area contributed by atoms with Crippen LogP contribution in [0.1, 0.15) is 47.0 Å². The van der Waals surface area contributed by atoms with Gasteiger partial charge in [0, 0.05) is 19.3 Å². The van der Waals surface area contributed by atoms with Crippen LogP contribution in [0.2, 0.25) is 0 Å². The maximum absolute atomic E-state index is 12.2. The van der Waals surface area contributed by atoms with Crippen molar-refractivity contribution in [3.05, 3.63) is 0 Å². The highest BCUT2D eigenvalue weighted by atomic mass is 32.4. The lowest BCUT2D eigenvalue weighted by atomic mass is 10.1. The first-order chi connectivity index (χ1) is 7.88. The number of carbonyl (C=O) groups is 1. The molecule has 1 rings (SSSR count). The highest BCUT2D eigenvalue weighted by Crippen LogP contribution is 2.51. The molecular formula is C12H25N2OPS. The Morgan fingerprint density at radius 3 is 2.00 bits per heavy atom. The third-order valence-electron chi connectivity index (χ3n) is 3.45. The van der Waals surface area contributed by atoms with Crippen molar-refractivity contribution in [2.45, 2.75) is 58.3 Å². The molecular weight excluding hydrogens is 251 g/mol. The van der Waals surface area contributed by atoms with Gasteiger partial charge in [0.1, 0.15) is 0 Å². The summed E-state index contributed by atoms with van der Waals surface area (Å²) in [5.41, 5.74) is 0.734. The fraction of sp³-hybridized carbons (Fsp3) is 0.917. The van der Waals surface area contributed by atoms with Crippen LogP contribution in [0.25, 0.3) is 0 Å². The molecule has 1 saturated heterocycles. The second kappa shape index (κ2) is 6.19. The Hall–Kier alpha value is -0.0800. The summed E-state index contributed by atoms with van der Waals surface area (Å²) in [6.45, 7) is 10.3. The summed E-state index contributed by atoms with van der Waals surface area (Å²) >= 11 is 5.75. The maximum Gasteiger partial charge on any atom is 0.321 e. The van der Waals surface area contributed by atoms with Crippen molar-refractivity contribution in [3.63, 3.8) is 0 Å². The minimum atomic E-state index is -1.79. The van der Waals surface area contributed by atoms with Crippen LogP contribution < -0.4 is 5.09 Å². The summed E-state index contributed by atoms with van der Waals surface area (Å²) in [5, 5.41) is 3.17. The molecule has 17 heavy (non-hydrogen) atoms. The molecule has 1 aliphatic heterocycles. The van der Waals surface area contributed by atoms with Crippen molar-refractivity contribution in [1.29, 1.82) is 0 Å². The Labute approximate surface area is 110 Å². The lowest BCUT2D eigenvalue weighted by molar-refractivity contribution is 0.192. The largest absolute Gasteiger partial charge is 0.325 e. The summed E-state index contributed by atoms with van der Waals surface area (Å²) in [6, 6.07) is 0.0652. The Balaban J connectivity index is 2.67.